The molecule has 18 heavy (non-hydrogen) atoms. The molecule has 0 saturated heterocycles. The van der Waals surface area contributed by atoms with Crippen LogP contribution in [0, 0.1) is 11.3 Å². The highest BCUT2D eigenvalue weighted by Gasteiger charge is 2.16. The van der Waals surface area contributed by atoms with Crippen molar-refractivity contribution in [1.82, 2.24) is 0 Å². The van der Waals surface area contributed by atoms with Crippen LogP contribution in [0.5, 0.6) is 0 Å². The monoisotopic (exact) mass is 283 g/mol. The number of benzene rings is 1. The van der Waals surface area contributed by atoms with Crippen LogP contribution < -0.4 is 0 Å². The highest BCUT2D eigenvalue weighted by atomic mass is 35.5. The van der Waals surface area contributed by atoms with Crippen LogP contribution in [0.4, 0.5) is 0 Å². The Balaban J connectivity index is 2.57. The summed E-state index contributed by atoms with van der Waals surface area (Å²) in [5, 5.41) is 9.13. The SMILES string of the molecule is CC(C)(C)OC(=O)CSc1ccc(C#N)c(Cl)c1. The van der Waals surface area contributed by atoms with Gasteiger partial charge in [-0.3, -0.25) is 4.79 Å². The van der Waals surface area contributed by atoms with E-state index in [1.165, 1.54) is 11.8 Å². The Bertz CT molecular complexity index is 489. The molecule has 0 heterocycles. The highest BCUT2D eigenvalue weighted by molar-refractivity contribution is 8.00. The van der Waals surface area contributed by atoms with Crippen molar-refractivity contribution < 1.29 is 9.53 Å². The minimum atomic E-state index is -0.472. The van der Waals surface area contributed by atoms with Crippen molar-refractivity contribution in [2.75, 3.05) is 5.75 Å². The van der Waals surface area contributed by atoms with E-state index in [1.54, 1.807) is 18.2 Å². The molecular weight excluding hydrogens is 270 g/mol. The Morgan fingerprint density at radius 3 is 2.67 bits per heavy atom. The second-order valence-electron chi connectivity index (χ2n) is 4.63. The van der Waals surface area contributed by atoms with E-state index in [-0.39, 0.29) is 11.7 Å². The van der Waals surface area contributed by atoms with Gasteiger partial charge in [-0.2, -0.15) is 5.26 Å². The Labute approximate surface area is 116 Å². The third-order valence-corrected chi connectivity index (χ3v) is 3.12. The summed E-state index contributed by atoms with van der Waals surface area (Å²) in [6.45, 7) is 5.48. The minimum absolute atomic E-state index is 0.222. The summed E-state index contributed by atoms with van der Waals surface area (Å²) in [4.78, 5) is 12.3. The Kier molecular flexibility index (Phi) is 5.06. The van der Waals surface area contributed by atoms with Gasteiger partial charge in [0.25, 0.3) is 0 Å². The number of rotatable bonds is 3. The van der Waals surface area contributed by atoms with E-state index in [2.05, 4.69) is 0 Å². The number of carbonyl (C=O) groups is 1. The maximum Gasteiger partial charge on any atom is 0.316 e. The molecule has 0 aliphatic carbocycles. The maximum atomic E-state index is 11.5. The van der Waals surface area contributed by atoms with Gasteiger partial charge in [0, 0.05) is 4.90 Å². The summed E-state index contributed by atoms with van der Waals surface area (Å²) in [5.41, 5.74) is -0.0433. The van der Waals surface area contributed by atoms with Crippen LogP contribution in [0.15, 0.2) is 23.1 Å². The molecule has 1 aromatic rings. The number of hydrogen-bond acceptors (Lipinski definition) is 4. The Morgan fingerprint density at radius 1 is 1.50 bits per heavy atom. The number of thioether (sulfide) groups is 1. The van der Waals surface area contributed by atoms with Crippen LogP contribution in [0.3, 0.4) is 0 Å². The lowest BCUT2D eigenvalue weighted by Crippen LogP contribution is -2.24. The van der Waals surface area contributed by atoms with Crippen molar-refractivity contribution in [2.24, 2.45) is 0 Å². The van der Waals surface area contributed by atoms with Gasteiger partial charge >= 0.3 is 5.97 Å². The topological polar surface area (TPSA) is 50.1 Å². The lowest BCUT2D eigenvalue weighted by atomic mass is 10.2. The molecule has 0 spiro atoms. The van der Waals surface area contributed by atoms with Gasteiger partial charge in [-0.1, -0.05) is 11.6 Å². The van der Waals surface area contributed by atoms with E-state index in [1.807, 2.05) is 26.8 Å². The molecule has 0 aromatic heterocycles. The van der Waals surface area contributed by atoms with Crippen molar-refractivity contribution in [1.29, 1.82) is 5.26 Å². The van der Waals surface area contributed by atoms with Crippen molar-refractivity contribution in [2.45, 2.75) is 31.3 Å². The van der Waals surface area contributed by atoms with Gasteiger partial charge in [0.2, 0.25) is 0 Å². The second kappa shape index (κ2) is 6.12. The van der Waals surface area contributed by atoms with Gasteiger partial charge in [0.15, 0.2) is 0 Å². The van der Waals surface area contributed by atoms with Gasteiger partial charge < -0.3 is 4.74 Å². The van der Waals surface area contributed by atoms with Crippen LogP contribution >= 0.6 is 23.4 Å². The number of hydrogen-bond donors (Lipinski definition) is 0. The van der Waals surface area contributed by atoms with Crippen LogP contribution in [0.25, 0.3) is 0 Å². The predicted molar refractivity (Wildman–Crippen MR) is 72.7 cm³/mol. The fourth-order valence-corrected chi connectivity index (χ4v) is 2.19. The average Bonchev–Trinajstić information content (AvgIpc) is 2.24. The molecule has 0 saturated carbocycles. The first-order chi connectivity index (χ1) is 8.31. The minimum Gasteiger partial charge on any atom is -0.459 e. The second-order valence-corrected chi connectivity index (χ2v) is 6.08. The molecule has 1 aromatic carbocycles. The smallest absolute Gasteiger partial charge is 0.316 e. The van der Waals surface area contributed by atoms with E-state index >= 15 is 0 Å². The molecular formula is C13H14ClNO2S. The molecule has 0 N–H and O–H groups in total. The number of ether oxygens (including phenoxy) is 1. The lowest BCUT2D eigenvalue weighted by molar-refractivity contribution is -0.151. The van der Waals surface area contributed by atoms with E-state index in [4.69, 9.17) is 21.6 Å². The first-order valence-corrected chi connectivity index (χ1v) is 6.72. The van der Waals surface area contributed by atoms with Crippen LogP contribution in [-0.2, 0) is 9.53 Å². The summed E-state index contributed by atoms with van der Waals surface area (Å²) in [6, 6.07) is 7.06. The summed E-state index contributed by atoms with van der Waals surface area (Å²) < 4.78 is 5.19. The summed E-state index contributed by atoms with van der Waals surface area (Å²) in [7, 11) is 0. The fourth-order valence-electron chi connectivity index (χ4n) is 1.19. The van der Waals surface area contributed by atoms with Crippen molar-refractivity contribution >= 4 is 29.3 Å². The Hall–Kier alpha value is -1.18. The van der Waals surface area contributed by atoms with Crippen LogP contribution in [-0.4, -0.2) is 17.3 Å². The third kappa shape index (κ3) is 4.99. The quantitative estimate of drug-likeness (QED) is 0.628. The van der Waals surface area contributed by atoms with Gasteiger partial charge in [-0.05, 0) is 39.0 Å². The van der Waals surface area contributed by atoms with Crippen molar-refractivity contribution in [3.8, 4) is 6.07 Å². The zero-order valence-electron chi connectivity index (χ0n) is 10.5. The molecule has 0 atom stereocenters. The van der Waals surface area contributed by atoms with Gasteiger partial charge in [-0.25, -0.2) is 0 Å². The number of esters is 1. The van der Waals surface area contributed by atoms with Crippen LogP contribution in [0.2, 0.25) is 5.02 Å². The standard InChI is InChI=1S/C13H14ClNO2S/c1-13(2,3)17-12(16)8-18-10-5-4-9(7-15)11(14)6-10/h4-6H,8H2,1-3H3. The molecule has 0 fully saturated rings. The first kappa shape index (κ1) is 14.9. The number of nitrogens with zero attached hydrogens (tertiary/aromatic N) is 1. The molecule has 96 valence electrons. The summed E-state index contributed by atoms with van der Waals surface area (Å²) >= 11 is 7.23. The van der Waals surface area contributed by atoms with Gasteiger partial charge in [-0.15, -0.1) is 11.8 Å². The average molecular weight is 284 g/mol. The lowest BCUT2D eigenvalue weighted by Gasteiger charge is -2.19. The number of nitriles is 1. The largest absolute Gasteiger partial charge is 0.459 e. The fraction of sp³-hybridized carbons (Fsp3) is 0.385. The molecule has 0 unspecified atom stereocenters. The Morgan fingerprint density at radius 2 is 2.17 bits per heavy atom. The maximum absolute atomic E-state index is 11.5. The predicted octanol–water partition coefficient (Wildman–Crippen LogP) is 3.65. The number of halogens is 1. The van der Waals surface area contributed by atoms with E-state index in [9.17, 15) is 4.79 Å². The molecule has 0 aliphatic heterocycles. The van der Waals surface area contributed by atoms with Gasteiger partial charge in [0.1, 0.15) is 11.7 Å². The molecule has 5 heteroatoms. The highest BCUT2D eigenvalue weighted by Crippen LogP contribution is 2.25. The van der Waals surface area contributed by atoms with E-state index in [0.717, 1.165) is 4.90 Å². The zero-order chi connectivity index (χ0) is 13.8. The summed E-state index contributed by atoms with van der Waals surface area (Å²) in [6.07, 6.45) is 0. The molecule has 0 bridgehead atoms. The molecule has 1 rings (SSSR count). The van der Waals surface area contributed by atoms with E-state index in [0.29, 0.717) is 10.6 Å². The first-order valence-electron chi connectivity index (χ1n) is 5.36. The van der Waals surface area contributed by atoms with Gasteiger partial charge in [0.05, 0.1) is 16.3 Å². The van der Waals surface area contributed by atoms with Crippen molar-refractivity contribution in [3.05, 3.63) is 28.8 Å². The van der Waals surface area contributed by atoms with E-state index < -0.39 is 5.60 Å². The molecule has 3 nitrogen and oxygen atoms in total. The van der Waals surface area contributed by atoms with Crippen molar-refractivity contribution in [3.63, 3.8) is 0 Å². The zero-order valence-corrected chi connectivity index (χ0v) is 12.1. The number of carbonyl (C=O) groups excluding carboxylic acids is 1. The summed E-state index contributed by atoms with van der Waals surface area (Å²) in [5.74, 6) is -0.0487. The molecule has 0 aliphatic rings. The third-order valence-electron chi connectivity index (χ3n) is 1.84. The molecule has 0 amide bonds. The normalized spacial score (nSPS) is 10.8. The van der Waals surface area contributed by atoms with Crippen LogP contribution in [0.1, 0.15) is 26.3 Å². The molecule has 0 radical (unpaired) electrons.